The lowest BCUT2D eigenvalue weighted by molar-refractivity contribution is 1.18. The Bertz CT molecular complexity index is 2580. The van der Waals surface area contributed by atoms with Gasteiger partial charge in [0.15, 0.2) is 5.82 Å². The Kier molecular flexibility index (Phi) is 7.34. The number of nitrogens with zero attached hydrogens (tertiary/aromatic N) is 3. The molecule has 0 saturated heterocycles. The van der Waals surface area contributed by atoms with E-state index in [1.807, 2.05) is 30.3 Å². The molecule has 230 valence electrons. The van der Waals surface area contributed by atoms with Gasteiger partial charge in [-0.3, -0.25) is 0 Å². The summed E-state index contributed by atoms with van der Waals surface area (Å²) >= 11 is 1.73. The fraction of sp³-hybridized carbons (Fsp3) is 0. The molecule has 0 saturated carbocycles. The first-order valence-corrected chi connectivity index (χ1v) is 17.2. The van der Waals surface area contributed by atoms with Gasteiger partial charge in [0, 0.05) is 22.3 Å². The summed E-state index contributed by atoms with van der Waals surface area (Å²) < 4.78 is 1.18. The number of aromatic nitrogens is 3. The van der Waals surface area contributed by atoms with Crippen LogP contribution in [0.3, 0.4) is 0 Å². The summed E-state index contributed by atoms with van der Waals surface area (Å²) in [6.45, 7) is 0. The topological polar surface area (TPSA) is 38.7 Å². The maximum Gasteiger partial charge on any atom is 0.160 e. The van der Waals surface area contributed by atoms with Gasteiger partial charge in [0.25, 0.3) is 0 Å². The SMILES string of the molecule is c1ccc(-c2ccc(-c3cc(-c4ccc(-c5ccc6sc(-c7ccccc7)nc6c5)c5ccccc45)nc(-c4ccccc4)n3)cc2)cc1. The third-order valence-corrected chi connectivity index (χ3v) is 10.1. The van der Waals surface area contributed by atoms with Crippen LogP contribution in [0, 0.1) is 0 Å². The molecule has 0 atom stereocenters. The van der Waals surface area contributed by atoms with Crippen LogP contribution in [0.25, 0.3) is 87.7 Å². The van der Waals surface area contributed by atoms with Crippen LogP contribution in [0.5, 0.6) is 0 Å². The maximum absolute atomic E-state index is 5.17. The van der Waals surface area contributed by atoms with Crippen molar-refractivity contribution in [1.29, 1.82) is 0 Å². The van der Waals surface area contributed by atoms with Gasteiger partial charge in [-0.2, -0.15) is 0 Å². The van der Waals surface area contributed by atoms with Crippen molar-refractivity contribution in [1.82, 2.24) is 15.0 Å². The number of hydrogen-bond donors (Lipinski definition) is 0. The molecule has 0 amide bonds. The van der Waals surface area contributed by atoms with Crippen molar-refractivity contribution in [2.75, 3.05) is 0 Å². The lowest BCUT2D eigenvalue weighted by Gasteiger charge is -2.14. The number of benzene rings is 7. The quantitative estimate of drug-likeness (QED) is 0.181. The highest BCUT2D eigenvalue weighted by atomic mass is 32.1. The zero-order valence-corrected chi connectivity index (χ0v) is 27.3. The van der Waals surface area contributed by atoms with Crippen LogP contribution >= 0.6 is 11.3 Å². The van der Waals surface area contributed by atoms with E-state index in [9.17, 15) is 0 Å². The smallest absolute Gasteiger partial charge is 0.160 e. The van der Waals surface area contributed by atoms with Crippen LogP contribution in [0.2, 0.25) is 0 Å². The molecule has 2 heterocycles. The molecule has 0 spiro atoms. The Morgan fingerprint density at radius 3 is 1.59 bits per heavy atom. The minimum absolute atomic E-state index is 0.705. The van der Waals surface area contributed by atoms with E-state index in [0.717, 1.165) is 55.1 Å². The molecular weight excluding hydrogens is 615 g/mol. The molecule has 4 heteroatoms. The number of hydrogen-bond acceptors (Lipinski definition) is 4. The van der Waals surface area contributed by atoms with Crippen molar-refractivity contribution in [2.24, 2.45) is 0 Å². The van der Waals surface area contributed by atoms with Gasteiger partial charge in [0.1, 0.15) is 5.01 Å². The molecule has 0 radical (unpaired) electrons. The van der Waals surface area contributed by atoms with Gasteiger partial charge >= 0.3 is 0 Å². The minimum Gasteiger partial charge on any atom is -0.236 e. The van der Waals surface area contributed by atoms with Crippen LogP contribution in [0.15, 0.2) is 176 Å². The van der Waals surface area contributed by atoms with Gasteiger partial charge in [-0.05, 0) is 51.2 Å². The summed E-state index contributed by atoms with van der Waals surface area (Å²) in [5, 5.41) is 3.36. The fourth-order valence-corrected chi connectivity index (χ4v) is 7.44. The van der Waals surface area contributed by atoms with E-state index in [1.165, 1.54) is 26.8 Å². The number of rotatable bonds is 6. The molecule has 2 aromatic heterocycles. The summed E-state index contributed by atoms with van der Waals surface area (Å²) in [7, 11) is 0. The second-order valence-corrected chi connectivity index (χ2v) is 13.1. The Hall–Kier alpha value is -6.23. The Labute approximate surface area is 288 Å². The van der Waals surface area contributed by atoms with E-state index >= 15 is 0 Å². The lowest BCUT2D eigenvalue weighted by Crippen LogP contribution is -1.96. The van der Waals surface area contributed by atoms with E-state index in [2.05, 4.69) is 146 Å². The fourth-order valence-electron chi connectivity index (χ4n) is 6.49. The van der Waals surface area contributed by atoms with Crippen LogP contribution in [-0.2, 0) is 0 Å². The van der Waals surface area contributed by atoms with Gasteiger partial charge in [0.2, 0.25) is 0 Å². The predicted molar refractivity (Wildman–Crippen MR) is 205 cm³/mol. The van der Waals surface area contributed by atoms with E-state index < -0.39 is 0 Å². The van der Waals surface area contributed by atoms with Crippen LogP contribution in [0.4, 0.5) is 0 Å². The third kappa shape index (κ3) is 5.58. The number of fused-ring (bicyclic) bond motifs is 2. The van der Waals surface area contributed by atoms with Crippen molar-refractivity contribution in [3.63, 3.8) is 0 Å². The Morgan fingerprint density at radius 2 is 0.878 bits per heavy atom. The summed E-state index contributed by atoms with van der Waals surface area (Å²) in [5.74, 6) is 0.705. The van der Waals surface area contributed by atoms with Crippen molar-refractivity contribution in [2.45, 2.75) is 0 Å². The molecule has 0 N–H and O–H groups in total. The molecule has 9 rings (SSSR count). The average molecular weight is 644 g/mol. The van der Waals surface area contributed by atoms with E-state index in [1.54, 1.807) is 11.3 Å². The Balaban J connectivity index is 1.16. The highest BCUT2D eigenvalue weighted by molar-refractivity contribution is 7.21. The molecule has 0 bridgehead atoms. The first kappa shape index (κ1) is 29.0. The summed E-state index contributed by atoms with van der Waals surface area (Å²) in [5.41, 5.74) is 11.7. The monoisotopic (exact) mass is 643 g/mol. The molecule has 3 nitrogen and oxygen atoms in total. The summed E-state index contributed by atoms with van der Waals surface area (Å²) in [6, 6.07) is 61.5. The first-order chi connectivity index (χ1) is 24.3. The normalized spacial score (nSPS) is 11.3. The first-order valence-electron chi connectivity index (χ1n) is 16.4. The highest BCUT2D eigenvalue weighted by Crippen LogP contribution is 2.39. The molecule has 0 aliphatic rings. The van der Waals surface area contributed by atoms with Gasteiger partial charge in [-0.1, -0.05) is 158 Å². The zero-order chi connectivity index (χ0) is 32.6. The molecule has 0 aliphatic heterocycles. The molecule has 49 heavy (non-hydrogen) atoms. The summed E-state index contributed by atoms with van der Waals surface area (Å²) in [4.78, 5) is 15.3. The van der Waals surface area contributed by atoms with Gasteiger partial charge < -0.3 is 0 Å². The molecule has 0 unspecified atom stereocenters. The molecule has 7 aromatic carbocycles. The van der Waals surface area contributed by atoms with Crippen molar-refractivity contribution in [3.05, 3.63) is 176 Å². The Morgan fingerprint density at radius 1 is 0.347 bits per heavy atom. The van der Waals surface area contributed by atoms with Crippen LogP contribution in [-0.4, -0.2) is 15.0 Å². The highest BCUT2D eigenvalue weighted by Gasteiger charge is 2.16. The van der Waals surface area contributed by atoms with Crippen LogP contribution < -0.4 is 0 Å². The second kappa shape index (κ2) is 12.4. The van der Waals surface area contributed by atoms with Crippen LogP contribution in [0.1, 0.15) is 0 Å². The van der Waals surface area contributed by atoms with Gasteiger partial charge in [-0.25, -0.2) is 15.0 Å². The van der Waals surface area contributed by atoms with Crippen molar-refractivity contribution >= 4 is 32.3 Å². The lowest BCUT2D eigenvalue weighted by atomic mass is 9.93. The second-order valence-electron chi connectivity index (χ2n) is 12.0. The van der Waals surface area contributed by atoms with Crippen molar-refractivity contribution < 1.29 is 0 Å². The molecule has 0 aliphatic carbocycles. The van der Waals surface area contributed by atoms with E-state index in [4.69, 9.17) is 15.0 Å². The van der Waals surface area contributed by atoms with Gasteiger partial charge in [0.05, 0.1) is 21.6 Å². The number of thiazole rings is 1. The minimum atomic E-state index is 0.705. The van der Waals surface area contributed by atoms with Gasteiger partial charge in [-0.15, -0.1) is 11.3 Å². The molecular formula is C45H29N3S. The van der Waals surface area contributed by atoms with E-state index in [0.29, 0.717) is 5.82 Å². The predicted octanol–water partition coefficient (Wildman–Crippen LogP) is 12.2. The molecule has 9 aromatic rings. The van der Waals surface area contributed by atoms with E-state index in [-0.39, 0.29) is 0 Å². The summed E-state index contributed by atoms with van der Waals surface area (Å²) in [6.07, 6.45) is 0. The zero-order valence-electron chi connectivity index (χ0n) is 26.5. The average Bonchev–Trinajstić information content (AvgIpc) is 3.62. The maximum atomic E-state index is 5.17. The molecule has 0 fully saturated rings. The van der Waals surface area contributed by atoms with Crippen molar-refractivity contribution in [3.8, 4) is 66.7 Å². The third-order valence-electron chi connectivity index (χ3n) is 8.97. The largest absolute Gasteiger partial charge is 0.236 e. The standard InChI is InChI=1S/C45H29N3S/c1-4-12-30(13-5-1)31-20-22-32(23-21-31)40-29-41(47-44(46-40)33-14-6-2-7-15-33)39-26-25-36(37-18-10-11-19-38(37)39)35-24-27-43-42(28-35)48-45(49-43)34-16-8-3-9-17-34/h1-29H.